The molecule has 1 aliphatic heterocycles. The number of benzene rings is 2. The molecule has 0 radical (unpaired) electrons. The molecule has 1 aliphatic carbocycles. The van der Waals surface area contributed by atoms with Crippen LogP contribution in [0.3, 0.4) is 0 Å². The highest BCUT2D eigenvalue weighted by Gasteiger charge is 2.27. The molecule has 2 aromatic carbocycles. The summed E-state index contributed by atoms with van der Waals surface area (Å²) in [5.74, 6) is 0.382. The van der Waals surface area contributed by atoms with E-state index in [9.17, 15) is 5.11 Å². The summed E-state index contributed by atoms with van der Waals surface area (Å²) in [5.41, 5.74) is 7.36. The highest BCUT2D eigenvalue weighted by atomic mass is 16.3. The second-order valence-corrected chi connectivity index (χ2v) is 6.16. The lowest BCUT2D eigenvalue weighted by atomic mass is 9.99. The topological polar surface area (TPSA) is 23.5 Å². The number of hydrogen-bond donors (Lipinski definition) is 1. The number of allylic oxidation sites excluding steroid dienone is 1. The Hall–Kier alpha value is -2.48. The maximum atomic E-state index is 9.72. The summed E-state index contributed by atoms with van der Waals surface area (Å²) in [7, 11) is 0. The molecule has 0 fully saturated rings. The Morgan fingerprint density at radius 3 is 2.73 bits per heavy atom. The molecule has 0 amide bonds. The Balaban J connectivity index is 1.69. The Bertz CT molecular complexity index is 790. The highest BCUT2D eigenvalue weighted by Crippen LogP contribution is 2.41. The van der Waals surface area contributed by atoms with E-state index >= 15 is 0 Å². The van der Waals surface area contributed by atoms with Gasteiger partial charge in [0, 0.05) is 29.4 Å². The number of anilines is 1. The molecule has 0 saturated heterocycles. The van der Waals surface area contributed by atoms with E-state index in [4.69, 9.17) is 0 Å². The van der Waals surface area contributed by atoms with Gasteiger partial charge in [0.05, 0.1) is 5.76 Å². The van der Waals surface area contributed by atoms with Crippen molar-refractivity contribution in [3.8, 4) is 0 Å². The van der Waals surface area contributed by atoms with Gasteiger partial charge in [-0.1, -0.05) is 43.5 Å². The lowest BCUT2D eigenvalue weighted by Gasteiger charge is -2.21. The van der Waals surface area contributed by atoms with E-state index < -0.39 is 0 Å². The van der Waals surface area contributed by atoms with Gasteiger partial charge in [0.2, 0.25) is 0 Å². The summed E-state index contributed by atoms with van der Waals surface area (Å²) in [6, 6.07) is 15.0. The van der Waals surface area contributed by atoms with Gasteiger partial charge >= 0.3 is 0 Å². The van der Waals surface area contributed by atoms with Gasteiger partial charge in [-0.3, -0.25) is 0 Å². The van der Waals surface area contributed by atoms with Gasteiger partial charge in [0.1, 0.15) is 0 Å². The van der Waals surface area contributed by atoms with Crippen molar-refractivity contribution in [3.63, 3.8) is 0 Å². The summed E-state index contributed by atoms with van der Waals surface area (Å²) >= 11 is 0. The first-order valence-corrected chi connectivity index (χ1v) is 7.70. The Labute approximate surface area is 131 Å². The van der Waals surface area contributed by atoms with Crippen LogP contribution in [0.25, 0.3) is 5.70 Å². The van der Waals surface area contributed by atoms with Crippen LogP contribution in [0.15, 0.2) is 61.4 Å². The molecule has 0 saturated carbocycles. The van der Waals surface area contributed by atoms with Crippen molar-refractivity contribution in [2.45, 2.75) is 25.3 Å². The maximum Gasteiger partial charge on any atom is 0.0925 e. The smallest absolute Gasteiger partial charge is 0.0925 e. The van der Waals surface area contributed by atoms with Gasteiger partial charge in [-0.25, -0.2) is 0 Å². The van der Waals surface area contributed by atoms with Crippen LogP contribution in [0, 0.1) is 0 Å². The number of aryl methyl sites for hydroxylation is 1. The molecular weight excluding hydrogens is 270 g/mol. The molecule has 22 heavy (non-hydrogen) atoms. The summed E-state index contributed by atoms with van der Waals surface area (Å²) in [4.78, 5) is 2.27. The third-order valence-electron chi connectivity index (χ3n) is 4.90. The molecule has 0 aromatic heterocycles. The van der Waals surface area contributed by atoms with Crippen LogP contribution >= 0.6 is 0 Å². The fourth-order valence-electron chi connectivity index (χ4n) is 3.72. The summed E-state index contributed by atoms with van der Waals surface area (Å²) < 4.78 is 0. The van der Waals surface area contributed by atoms with Crippen molar-refractivity contribution in [1.82, 2.24) is 0 Å². The number of aliphatic hydroxyl groups excluding tert-OH is 1. The molecule has 0 spiro atoms. The second kappa shape index (κ2) is 4.77. The number of rotatable bonds is 2. The minimum atomic E-state index is 0.100. The fraction of sp³-hybridized carbons (Fsp3) is 0.200. The number of aliphatic hydroxyl groups is 1. The summed E-state index contributed by atoms with van der Waals surface area (Å²) in [6.45, 7) is 8.85. The second-order valence-electron chi connectivity index (χ2n) is 6.16. The van der Waals surface area contributed by atoms with Gasteiger partial charge in [0.25, 0.3) is 0 Å². The van der Waals surface area contributed by atoms with Crippen LogP contribution in [0.2, 0.25) is 0 Å². The first-order valence-electron chi connectivity index (χ1n) is 7.70. The first kappa shape index (κ1) is 13.2. The van der Waals surface area contributed by atoms with Crippen molar-refractivity contribution in [3.05, 3.63) is 83.6 Å². The minimum absolute atomic E-state index is 0.100. The molecule has 4 rings (SSSR count). The number of hydrogen-bond acceptors (Lipinski definition) is 2. The lowest BCUT2D eigenvalue weighted by Crippen LogP contribution is -2.13. The average molecular weight is 289 g/mol. The van der Waals surface area contributed by atoms with Gasteiger partial charge in [-0.15, -0.1) is 0 Å². The van der Waals surface area contributed by atoms with E-state index in [0.29, 0.717) is 0 Å². The van der Waals surface area contributed by atoms with Crippen LogP contribution in [0.5, 0.6) is 0 Å². The molecule has 2 aliphatic rings. The van der Waals surface area contributed by atoms with Gasteiger partial charge in [-0.2, -0.15) is 0 Å². The van der Waals surface area contributed by atoms with Crippen molar-refractivity contribution in [1.29, 1.82) is 0 Å². The van der Waals surface area contributed by atoms with Crippen molar-refractivity contribution in [2.24, 2.45) is 0 Å². The predicted molar refractivity (Wildman–Crippen MR) is 90.9 cm³/mol. The molecule has 1 unspecified atom stereocenters. The fourth-order valence-corrected chi connectivity index (χ4v) is 3.72. The summed E-state index contributed by atoms with van der Waals surface area (Å²) in [5, 5.41) is 9.72. The van der Waals surface area contributed by atoms with E-state index in [0.717, 1.165) is 25.1 Å². The quantitative estimate of drug-likeness (QED) is 0.804. The Kier molecular flexibility index (Phi) is 2.86. The van der Waals surface area contributed by atoms with E-state index in [2.05, 4.69) is 60.5 Å². The zero-order valence-corrected chi connectivity index (χ0v) is 12.5. The van der Waals surface area contributed by atoms with Crippen LogP contribution in [-0.2, 0) is 13.0 Å². The van der Waals surface area contributed by atoms with Gasteiger partial charge in [-0.05, 0) is 41.7 Å². The number of fused-ring (bicyclic) bond motifs is 2. The van der Waals surface area contributed by atoms with Crippen molar-refractivity contribution in [2.75, 3.05) is 4.90 Å². The van der Waals surface area contributed by atoms with E-state index in [-0.39, 0.29) is 11.7 Å². The van der Waals surface area contributed by atoms with Crippen molar-refractivity contribution < 1.29 is 5.11 Å². The molecule has 1 heterocycles. The first-order chi connectivity index (χ1) is 10.6. The Morgan fingerprint density at radius 2 is 1.95 bits per heavy atom. The van der Waals surface area contributed by atoms with Crippen LogP contribution in [0.4, 0.5) is 5.69 Å². The predicted octanol–water partition coefficient (Wildman–Crippen LogP) is 4.78. The number of nitrogens with zero attached hydrogens (tertiary/aromatic N) is 1. The third-order valence-corrected chi connectivity index (χ3v) is 4.90. The SMILES string of the molecule is C=C(O)C1CCc2cc(N3Cc4ccccc4C3=C)ccc21. The lowest BCUT2D eigenvalue weighted by molar-refractivity contribution is 0.369. The average Bonchev–Trinajstić information content (AvgIpc) is 3.08. The van der Waals surface area contributed by atoms with Crippen molar-refractivity contribution >= 4 is 11.4 Å². The molecule has 1 N–H and O–H groups in total. The summed E-state index contributed by atoms with van der Waals surface area (Å²) in [6.07, 6.45) is 1.95. The van der Waals surface area contributed by atoms with Crippen LogP contribution in [-0.4, -0.2) is 5.11 Å². The molecule has 2 aromatic rings. The third kappa shape index (κ3) is 1.87. The van der Waals surface area contributed by atoms with E-state index in [1.165, 1.54) is 27.9 Å². The monoisotopic (exact) mass is 289 g/mol. The molecule has 2 nitrogen and oxygen atoms in total. The Morgan fingerprint density at radius 1 is 1.14 bits per heavy atom. The molecular formula is C20H19NO. The van der Waals surface area contributed by atoms with Crippen LogP contribution in [0.1, 0.15) is 34.6 Å². The maximum absolute atomic E-state index is 9.72. The molecule has 0 bridgehead atoms. The van der Waals surface area contributed by atoms with Gasteiger partial charge < -0.3 is 10.0 Å². The zero-order valence-electron chi connectivity index (χ0n) is 12.5. The van der Waals surface area contributed by atoms with Crippen LogP contribution < -0.4 is 4.90 Å². The zero-order chi connectivity index (χ0) is 15.3. The van der Waals surface area contributed by atoms with E-state index in [1.807, 2.05) is 0 Å². The standard InChI is InChI=1S/C20H19NO/c1-13-18-6-4-3-5-16(18)12-21(13)17-8-10-20-15(11-17)7-9-19(20)14(2)22/h3-6,8,10-11,19,22H,1-2,7,9,12H2. The minimum Gasteiger partial charge on any atom is -0.512 e. The van der Waals surface area contributed by atoms with Gasteiger partial charge in [0.15, 0.2) is 0 Å². The molecule has 110 valence electrons. The molecule has 2 heteroatoms. The largest absolute Gasteiger partial charge is 0.512 e. The highest BCUT2D eigenvalue weighted by molar-refractivity contribution is 5.84. The normalized spacial score (nSPS) is 19.2. The molecule has 1 atom stereocenters. The van der Waals surface area contributed by atoms with E-state index in [1.54, 1.807) is 0 Å².